The zero-order valence-electron chi connectivity index (χ0n) is 6.39. The summed E-state index contributed by atoms with van der Waals surface area (Å²) in [5.74, 6) is 0. The van der Waals surface area contributed by atoms with E-state index < -0.39 is 0 Å². The Morgan fingerprint density at radius 2 is 2.30 bits per heavy atom. The molecular weight excluding hydrogens is 142 g/mol. The van der Waals surface area contributed by atoms with E-state index in [9.17, 15) is 0 Å². The number of aliphatic imine (C=N–C) groups is 1. The maximum Gasteiger partial charge on any atom is 0.0585 e. The normalized spacial score (nSPS) is 19.7. The second-order valence-corrected chi connectivity index (χ2v) is 3.34. The molecule has 0 aromatic carbocycles. The first-order valence-electron chi connectivity index (χ1n) is 3.87. The van der Waals surface area contributed by atoms with Crippen LogP contribution in [0.5, 0.6) is 0 Å². The van der Waals surface area contributed by atoms with Gasteiger partial charge in [0.1, 0.15) is 0 Å². The van der Waals surface area contributed by atoms with Crippen LogP contribution in [0.1, 0.15) is 32.6 Å². The van der Waals surface area contributed by atoms with Gasteiger partial charge in [-0.05, 0) is 36.9 Å². The summed E-state index contributed by atoms with van der Waals surface area (Å²) in [6, 6.07) is 0. The summed E-state index contributed by atoms with van der Waals surface area (Å²) < 4.78 is 0. The van der Waals surface area contributed by atoms with Crippen molar-refractivity contribution in [1.82, 2.24) is 0 Å². The van der Waals surface area contributed by atoms with Gasteiger partial charge < -0.3 is 0 Å². The smallest absolute Gasteiger partial charge is 0.0585 e. The zero-order chi connectivity index (χ0) is 7.45. The molecule has 0 bridgehead atoms. The molecule has 0 amide bonds. The third kappa shape index (κ3) is 1.89. The predicted molar refractivity (Wildman–Crippen MR) is 46.5 cm³/mol. The van der Waals surface area contributed by atoms with E-state index in [0.29, 0.717) is 5.41 Å². The number of nitrogens with zero attached hydrogens (tertiary/aromatic N) is 1. The van der Waals surface area contributed by atoms with Gasteiger partial charge in [-0.15, -0.1) is 0 Å². The van der Waals surface area contributed by atoms with Crippen molar-refractivity contribution in [1.29, 1.82) is 0 Å². The minimum atomic E-state index is 0.556. The molecule has 56 valence electrons. The number of hydrogen-bond acceptors (Lipinski definition) is 2. The maximum absolute atomic E-state index is 4.52. The first kappa shape index (κ1) is 7.90. The lowest BCUT2D eigenvalue weighted by Gasteiger charge is -2.07. The number of isothiocyanates is 1. The molecule has 0 saturated heterocycles. The highest BCUT2D eigenvalue weighted by Crippen LogP contribution is 2.49. The lowest BCUT2D eigenvalue weighted by Crippen LogP contribution is -2.03. The molecule has 0 atom stereocenters. The SMILES string of the molecule is CCCC1(CN=C=S)CC1. The van der Waals surface area contributed by atoms with Gasteiger partial charge in [0.2, 0.25) is 0 Å². The van der Waals surface area contributed by atoms with Crippen molar-refractivity contribution in [3.63, 3.8) is 0 Å². The molecule has 1 fully saturated rings. The Kier molecular flexibility index (Phi) is 2.58. The minimum Gasteiger partial charge on any atom is -0.232 e. The Labute approximate surface area is 67.5 Å². The standard InChI is InChI=1S/C8H13NS/c1-2-3-8(4-5-8)6-9-7-10/h2-6H2,1H3. The van der Waals surface area contributed by atoms with Gasteiger partial charge >= 0.3 is 0 Å². The molecule has 0 aromatic heterocycles. The first-order valence-corrected chi connectivity index (χ1v) is 4.27. The molecule has 0 heterocycles. The van der Waals surface area contributed by atoms with Crippen LogP contribution in [0.15, 0.2) is 4.99 Å². The topological polar surface area (TPSA) is 12.4 Å². The van der Waals surface area contributed by atoms with E-state index in [2.05, 4.69) is 29.3 Å². The largest absolute Gasteiger partial charge is 0.232 e. The average Bonchev–Trinajstić information content (AvgIpc) is 2.67. The quantitative estimate of drug-likeness (QED) is 0.449. The third-order valence-corrected chi connectivity index (χ3v) is 2.35. The minimum absolute atomic E-state index is 0.556. The molecule has 0 aliphatic heterocycles. The van der Waals surface area contributed by atoms with Crippen molar-refractivity contribution in [2.45, 2.75) is 32.6 Å². The van der Waals surface area contributed by atoms with Crippen LogP contribution in [-0.2, 0) is 0 Å². The molecule has 0 spiro atoms. The number of hydrogen-bond donors (Lipinski definition) is 0. The van der Waals surface area contributed by atoms with Crippen LogP contribution in [0.25, 0.3) is 0 Å². The van der Waals surface area contributed by atoms with E-state index >= 15 is 0 Å². The molecule has 1 saturated carbocycles. The van der Waals surface area contributed by atoms with Gasteiger partial charge in [0.05, 0.1) is 11.7 Å². The molecule has 0 unspecified atom stereocenters. The highest BCUT2D eigenvalue weighted by Gasteiger charge is 2.40. The molecule has 1 nitrogen and oxygen atoms in total. The van der Waals surface area contributed by atoms with E-state index in [1.807, 2.05) is 0 Å². The van der Waals surface area contributed by atoms with Crippen molar-refractivity contribution in [2.75, 3.05) is 6.54 Å². The van der Waals surface area contributed by atoms with Crippen LogP contribution < -0.4 is 0 Å². The van der Waals surface area contributed by atoms with Gasteiger partial charge in [-0.25, -0.2) is 4.99 Å². The molecule has 1 rings (SSSR count). The summed E-state index contributed by atoms with van der Waals surface area (Å²) in [6.45, 7) is 3.14. The van der Waals surface area contributed by atoms with Gasteiger partial charge in [0, 0.05) is 0 Å². The highest BCUT2D eigenvalue weighted by atomic mass is 32.1. The Morgan fingerprint density at radius 3 is 2.70 bits per heavy atom. The summed E-state index contributed by atoms with van der Waals surface area (Å²) >= 11 is 4.52. The third-order valence-electron chi connectivity index (χ3n) is 2.22. The first-order chi connectivity index (χ1) is 4.83. The van der Waals surface area contributed by atoms with Crippen LogP contribution in [0.3, 0.4) is 0 Å². The molecule has 1 aliphatic carbocycles. The van der Waals surface area contributed by atoms with E-state index in [1.54, 1.807) is 0 Å². The number of rotatable bonds is 4. The maximum atomic E-state index is 4.52. The fraction of sp³-hybridized carbons (Fsp3) is 0.875. The van der Waals surface area contributed by atoms with Gasteiger partial charge in [0.15, 0.2) is 0 Å². The van der Waals surface area contributed by atoms with Gasteiger partial charge in [-0.3, -0.25) is 0 Å². The lowest BCUT2D eigenvalue weighted by atomic mass is 10.0. The Balaban J connectivity index is 2.29. The van der Waals surface area contributed by atoms with Crippen molar-refractivity contribution in [3.8, 4) is 0 Å². The second kappa shape index (κ2) is 3.27. The molecule has 0 radical (unpaired) electrons. The van der Waals surface area contributed by atoms with Crippen LogP contribution in [0.4, 0.5) is 0 Å². The van der Waals surface area contributed by atoms with E-state index in [1.165, 1.54) is 25.7 Å². The fourth-order valence-corrected chi connectivity index (χ4v) is 1.46. The summed E-state index contributed by atoms with van der Waals surface area (Å²) in [6.07, 6.45) is 5.28. The van der Waals surface area contributed by atoms with Crippen molar-refractivity contribution in [3.05, 3.63) is 0 Å². The summed E-state index contributed by atoms with van der Waals surface area (Å²) in [4.78, 5) is 3.99. The fourth-order valence-electron chi connectivity index (χ4n) is 1.39. The molecule has 0 aromatic rings. The van der Waals surface area contributed by atoms with Crippen LogP contribution in [-0.4, -0.2) is 11.7 Å². The molecule has 2 heteroatoms. The lowest BCUT2D eigenvalue weighted by molar-refractivity contribution is 0.474. The Morgan fingerprint density at radius 1 is 1.60 bits per heavy atom. The van der Waals surface area contributed by atoms with Crippen molar-refractivity contribution in [2.24, 2.45) is 10.4 Å². The molecular formula is C8H13NS. The van der Waals surface area contributed by atoms with Crippen LogP contribution in [0.2, 0.25) is 0 Å². The Bertz CT molecular complexity index is 155. The highest BCUT2D eigenvalue weighted by molar-refractivity contribution is 7.78. The zero-order valence-corrected chi connectivity index (χ0v) is 7.21. The predicted octanol–water partition coefficient (Wildman–Crippen LogP) is 2.67. The van der Waals surface area contributed by atoms with E-state index in [4.69, 9.17) is 0 Å². The second-order valence-electron chi connectivity index (χ2n) is 3.16. The van der Waals surface area contributed by atoms with E-state index in [-0.39, 0.29) is 0 Å². The van der Waals surface area contributed by atoms with Gasteiger partial charge in [-0.1, -0.05) is 13.3 Å². The average molecular weight is 155 g/mol. The molecule has 1 aliphatic rings. The number of thiocarbonyl (C=S) groups is 1. The monoisotopic (exact) mass is 155 g/mol. The summed E-state index contributed by atoms with van der Waals surface area (Å²) in [7, 11) is 0. The van der Waals surface area contributed by atoms with Gasteiger partial charge in [0.25, 0.3) is 0 Å². The van der Waals surface area contributed by atoms with Crippen molar-refractivity contribution >= 4 is 17.4 Å². The summed E-state index contributed by atoms with van der Waals surface area (Å²) in [5.41, 5.74) is 0.556. The van der Waals surface area contributed by atoms with Crippen LogP contribution >= 0.6 is 12.2 Å². The van der Waals surface area contributed by atoms with Crippen LogP contribution in [0, 0.1) is 5.41 Å². The summed E-state index contributed by atoms with van der Waals surface area (Å²) in [5, 5.41) is 2.43. The van der Waals surface area contributed by atoms with Gasteiger partial charge in [-0.2, -0.15) is 0 Å². The Hall–Kier alpha value is -0.200. The molecule has 0 N–H and O–H groups in total. The van der Waals surface area contributed by atoms with Crippen molar-refractivity contribution < 1.29 is 0 Å². The molecule has 10 heavy (non-hydrogen) atoms. The van der Waals surface area contributed by atoms with E-state index in [0.717, 1.165) is 6.54 Å².